The highest BCUT2D eigenvalue weighted by molar-refractivity contribution is 5.85. The molecule has 2 nitrogen and oxygen atoms in total. The molecule has 1 rings (SSSR count). The maximum absolute atomic E-state index is 9.76. The average molecular weight is 159 g/mol. The minimum absolute atomic E-state index is 0. The van der Waals surface area contributed by atoms with Crippen molar-refractivity contribution in [2.24, 2.45) is 5.92 Å². The van der Waals surface area contributed by atoms with Crippen LogP contribution >= 0.6 is 24.8 Å². The summed E-state index contributed by atoms with van der Waals surface area (Å²) in [6.45, 7) is 0. The van der Waals surface area contributed by atoms with E-state index in [1.807, 2.05) is 0 Å². The van der Waals surface area contributed by atoms with Gasteiger partial charge in [-0.2, -0.15) is 0 Å². The number of carboxylic acid groups (broad SMARTS) is 1. The van der Waals surface area contributed by atoms with Crippen LogP contribution in [0.25, 0.3) is 0 Å². The quantitative estimate of drug-likeness (QED) is 0.626. The van der Waals surface area contributed by atoms with Gasteiger partial charge in [0, 0.05) is 0 Å². The Hall–Kier alpha value is 0.0500. The minimum atomic E-state index is -0.630. The molecule has 0 aromatic carbocycles. The van der Waals surface area contributed by atoms with Crippen molar-refractivity contribution >= 4 is 30.8 Å². The molecule has 1 N–H and O–H groups in total. The number of aliphatic carboxylic acids is 1. The summed E-state index contributed by atoms with van der Waals surface area (Å²) in [6.07, 6.45) is 1.80. The number of hydrogen-bond donors (Lipinski definition) is 1. The standard InChI is InChI=1S/C4H6O2.2ClH/c5-4(6)3-1-2-3;;/h3H,1-2H2,(H,5,6);2*1H. The topological polar surface area (TPSA) is 37.3 Å². The summed E-state index contributed by atoms with van der Waals surface area (Å²) < 4.78 is 0. The highest BCUT2D eigenvalue weighted by Gasteiger charge is 2.28. The van der Waals surface area contributed by atoms with E-state index in [0.717, 1.165) is 12.8 Å². The second kappa shape index (κ2) is 3.98. The molecule has 0 saturated heterocycles. The SMILES string of the molecule is Cl.Cl.O=C(O)C1CC1. The van der Waals surface area contributed by atoms with Gasteiger partial charge in [-0.25, -0.2) is 0 Å². The predicted octanol–water partition coefficient (Wildman–Crippen LogP) is 1.32. The first-order valence-electron chi connectivity index (χ1n) is 2.03. The molecule has 8 heavy (non-hydrogen) atoms. The number of hydrogen-bond acceptors (Lipinski definition) is 1. The highest BCUT2D eigenvalue weighted by Crippen LogP contribution is 2.28. The third-order valence-electron chi connectivity index (χ3n) is 0.927. The van der Waals surface area contributed by atoms with Gasteiger partial charge in [0.15, 0.2) is 0 Å². The van der Waals surface area contributed by atoms with Gasteiger partial charge in [-0.15, -0.1) is 24.8 Å². The molecule has 50 valence electrons. The van der Waals surface area contributed by atoms with E-state index < -0.39 is 5.97 Å². The summed E-state index contributed by atoms with van der Waals surface area (Å²) in [6, 6.07) is 0. The van der Waals surface area contributed by atoms with Crippen LogP contribution in [0, 0.1) is 5.92 Å². The Labute approximate surface area is 60.1 Å². The average Bonchev–Trinajstić information content (AvgIpc) is 2.06. The van der Waals surface area contributed by atoms with E-state index >= 15 is 0 Å². The van der Waals surface area contributed by atoms with Gasteiger partial charge in [0.2, 0.25) is 0 Å². The zero-order valence-corrected chi connectivity index (χ0v) is 5.80. The normalized spacial score (nSPS) is 15.5. The van der Waals surface area contributed by atoms with Gasteiger partial charge in [-0.1, -0.05) is 0 Å². The van der Waals surface area contributed by atoms with Crippen LogP contribution < -0.4 is 0 Å². The lowest BCUT2D eigenvalue weighted by molar-refractivity contribution is -0.138. The molecule has 0 radical (unpaired) electrons. The second-order valence-electron chi connectivity index (χ2n) is 1.61. The number of rotatable bonds is 1. The summed E-state index contributed by atoms with van der Waals surface area (Å²) in [4.78, 5) is 9.76. The second-order valence-corrected chi connectivity index (χ2v) is 1.61. The lowest BCUT2D eigenvalue weighted by atomic mass is 10.5. The van der Waals surface area contributed by atoms with Gasteiger partial charge in [-0.05, 0) is 12.8 Å². The first kappa shape index (κ1) is 10.9. The van der Waals surface area contributed by atoms with E-state index in [0.29, 0.717) is 0 Å². The summed E-state index contributed by atoms with van der Waals surface area (Å²) in [5.41, 5.74) is 0. The van der Waals surface area contributed by atoms with Crippen molar-refractivity contribution in [1.82, 2.24) is 0 Å². The molecule has 1 saturated carbocycles. The molecule has 0 spiro atoms. The molecular formula is C4H8Cl2O2. The molecule has 0 aliphatic heterocycles. The fraction of sp³-hybridized carbons (Fsp3) is 0.750. The molecule has 0 heterocycles. The van der Waals surface area contributed by atoms with Gasteiger partial charge in [0.05, 0.1) is 5.92 Å². The van der Waals surface area contributed by atoms with Crippen molar-refractivity contribution in [2.45, 2.75) is 12.8 Å². The molecule has 0 aromatic rings. The molecule has 0 amide bonds. The Balaban J connectivity index is 0. The third kappa shape index (κ3) is 3.10. The number of carbonyl (C=O) groups is 1. The molecule has 0 aromatic heterocycles. The van der Waals surface area contributed by atoms with Crippen molar-refractivity contribution in [3.63, 3.8) is 0 Å². The van der Waals surface area contributed by atoms with Crippen LogP contribution in [0.15, 0.2) is 0 Å². The molecule has 0 atom stereocenters. The zero-order valence-electron chi connectivity index (χ0n) is 4.16. The maximum atomic E-state index is 9.76. The van der Waals surface area contributed by atoms with Gasteiger partial charge < -0.3 is 5.11 Å². The largest absolute Gasteiger partial charge is 0.481 e. The Bertz CT molecular complexity index is 80.1. The molecule has 0 bridgehead atoms. The Kier molecular flexibility index (Phi) is 5.44. The fourth-order valence-electron chi connectivity index (χ4n) is 0.330. The molecular weight excluding hydrogens is 151 g/mol. The minimum Gasteiger partial charge on any atom is -0.481 e. The van der Waals surface area contributed by atoms with E-state index in [4.69, 9.17) is 5.11 Å². The van der Waals surface area contributed by atoms with Crippen LogP contribution in [0.3, 0.4) is 0 Å². The first-order chi connectivity index (χ1) is 2.80. The van der Waals surface area contributed by atoms with Crippen molar-refractivity contribution in [1.29, 1.82) is 0 Å². The van der Waals surface area contributed by atoms with Crippen LogP contribution in [0.4, 0.5) is 0 Å². The van der Waals surface area contributed by atoms with E-state index in [1.165, 1.54) is 0 Å². The molecule has 0 unspecified atom stereocenters. The molecule has 4 heteroatoms. The third-order valence-corrected chi connectivity index (χ3v) is 0.927. The molecule has 1 aliphatic rings. The lowest BCUT2D eigenvalue weighted by Gasteiger charge is -1.75. The van der Waals surface area contributed by atoms with Crippen molar-refractivity contribution in [3.8, 4) is 0 Å². The number of halogens is 2. The van der Waals surface area contributed by atoms with Crippen molar-refractivity contribution < 1.29 is 9.90 Å². The highest BCUT2D eigenvalue weighted by atomic mass is 35.5. The number of carboxylic acids is 1. The van der Waals surface area contributed by atoms with E-state index in [-0.39, 0.29) is 30.7 Å². The van der Waals surface area contributed by atoms with E-state index in [1.54, 1.807) is 0 Å². The first-order valence-corrected chi connectivity index (χ1v) is 2.03. The Morgan fingerprint density at radius 3 is 1.75 bits per heavy atom. The monoisotopic (exact) mass is 158 g/mol. The van der Waals surface area contributed by atoms with E-state index in [9.17, 15) is 4.79 Å². The molecule has 1 aliphatic carbocycles. The fourth-order valence-corrected chi connectivity index (χ4v) is 0.330. The van der Waals surface area contributed by atoms with Crippen LogP contribution in [-0.2, 0) is 4.79 Å². The summed E-state index contributed by atoms with van der Waals surface area (Å²) in [5.74, 6) is -0.611. The summed E-state index contributed by atoms with van der Waals surface area (Å²) >= 11 is 0. The van der Waals surface area contributed by atoms with Crippen molar-refractivity contribution in [3.05, 3.63) is 0 Å². The lowest BCUT2D eigenvalue weighted by Crippen LogP contribution is -1.94. The van der Waals surface area contributed by atoms with Gasteiger partial charge in [-0.3, -0.25) is 4.79 Å². The van der Waals surface area contributed by atoms with Gasteiger partial charge in [0.1, 0.15) is 0 Å². The smallest absolute Gasteiger partial charge is 0.306 e. The van der Waals surface area contributed by atoms with Crippen molar-refractivity contribution in [2.75, 3.05) is 0 Å². The van der Waals surface area contributed by atoms with Crippen LogP contribution in [-0.4, -0.2) is 11.1 Å². The van der Waals surface area contributed by atoms with Gasteiger partial charge >= 0.3 is 5.97 Å². The zero-order chi connectivity index (χ0) is 4.57. The predicted molar refractivity (Wildman–Crippen MR) is 34.9 cm³/mol. The Morgan fingerprint density at radius 1 is 1.38 bits per heavy atom. The van der Waals surface area contributed by atoms with Crippen LogP contribution in [0.2, 0.25) is 0 Å². The van der Waals surface area contributed by atoms with Crippen LogP contribution in [0.5, 0.6) is 0 Å². The molecule has 1 fully saturated rings. The summed E-state index contributed by atoms with van der Waals surface area (Å²) in [5, 5.41) is 8.05. The van der Waals surface area contributed by atoms with Gasteiger partial charge in [0.25, 0.3) is 0 Å². The Morgan fingerprint density at radius 2 is 1.75 bits per heavy atom. The van der Waals surface area contributed by atoms with E-state index in [2.05, 4.69) is 0 Å². The van der Waals surface area contributed by atoms with Crippen LogP contribution in [0.1, 0.15) is 12.8 Å². The maximum Gasteiger partial charge on any atom is 0.306 e. The summed E-state index contributed by atoms with van der Waals surface area (Å²) in [7, 11) is 0.